The summed E-state index contributed by atoms with van der Waals surface area (Å²) in [6.07, 6.45) is 3.21. The SMILES string of the molecule is Fc1cc(F)cc(N2CCC(Cc3ccccc3)CC2)c1. The Kier molecular flexibility index (Phi) is 4.18. The average molecular weight is 287 g/mol. The lowest BCUT2D eigenvalue weighted by molar-refractivity contribution is 0.403. The second-order valence-electron chi connectivity index (χ2n) is 5.75. The fourth-order valence-electron chi connectivity index (χ4n) is 3.06. The lowest BCUT2D eigenvalue weighted by Gasteiger charge is -2.33. The smallest absolute Gasteiger partial charge is 0.128 e. The van der Waals surface area contributed by atoms with Gasteiger partial charge in [-0.1, -0.05) is 30.3 Å². The minimum atomic E-state index is -0.503. The molecule has 0 unspecified atom stereocenters. The second kappa shape index (κ2) is 6.25. The lowest BCUT2D eigenvalue weighted by atomic mass is 9.90. The molecule has 1 heterocycles. The van der Waals surface area contributed by atoms with Gasteiger partial charge in [0.05, 0.1) is 0 Å². The summed E-state index contributed by atoms with van der Waals surface area (Å²) in [7, 11) is 0. The third kappa shape index (κ3) is 3.60. The second-order valence-corrected chi connectivity index (χ2v) is 5.75. The third-order valence-corrected chi connectivity index (χ3v) is 4.19. The van der Waals surface area contributed by atoms with Crippen LogP contribution >= 0.6 is 0 Å². The van der Waals surface area contributed by atoms with Gasteiger partial charge < -0.3 is 4.90 Å². The van der Waals surface area contributed by atoms with Gasteiger partial charge in [0.25, 0.3) is 0 Å². The summed E-state index contributed by atoms with van der Waals surface area (Å²) in [5.74, 6) is -0.352. The van der Waals surface area contributed by atoms with Crippen LogP contribution in [0.5, 0.6) is 0 Å². The topological polar surface area (TPSA) is 3.24 Å². The Morgan fingerprint density at radius 3 is 2.14 bits per heavy atom. The molecule has 0 aliphatic carbocycles. The summed E-state index contributed by atoms with van der Waals surface area (Å²) >= 11 is 0. The Bertz CT molecular complexity index is 569. The largest absolute Gasteiger partial charge is 0.371 e. The molecule has 2 aromatic carbocycles. The van der Waals surface area contributed by atoms with Gasteiger partial charge in [0.2, 0.25) is 0 Å². The van der Waals surface area contributed by atoms with Gasteiger partial charge in [-0.15, -0.1) is 0 Å². The highest BCUT2D eigenvalue weighted by Crippen LogP contribution is 2.26. The number of halogens is 2. The minimum absolute atomic E-state index is 0.503. The quantitative estimate of drug-likeness (QED) is 0.807. The fraction of sp³-hybridized carbons (Fsp3) is 0.333. The molecule has 0 N–H and O–H groups in total. The standard InChI is InChI=1S/C18H19F2N/c19-16-11-17(20)13-18(12-16)21-8-6-15(7-9-21)10-14-4-2-1-3-5-14/h1-5,11-13,15H,6-10H2. The molecule has 0 amide bonds. The van der Waals surface area contributed by atoms with Crippen LogP contribution in [-0.2, 0) is 6.42 Å². The molecule has 1 nitrogen and oxygen atoms in total. The summed E-state index contributed by atoms with van der Waals surface area (Å²) in [6, 6.07) is 14.3. The van der Waals surface area contributed by atoms with E-state index < -0.39 is 11.6 Å². The van der Waals surface area contributed by atoms with Gasteiger partial charge in [-0.3, -0.25) is 0 Å². The number of benzene rings is 2. The lowest BCUT2D eigenvalue weighted by Crippen LogP contribution is -2.34. The van der Waals surface area contributed by atoms with Gasteiger partial charge in [-0.05, 0) is 42.9 Å². The first-order valence-corrected chi connectivity index (χ1v) is 7.46. The molecule has 110 valence electrons. The molecule has 0 spiro atoms. The highest BCUT2D eigenvalue weighted by molar-refractivity contribution is 5.47. The summed E-state index contributed by atoms with van der Waals surface area (Å²) in [5, 5.41) is 0. The van der Waals surface area contributed by atoms with Crippen molar-refractivity contribution in [2.24, 2.45) is 5.92 Å². The molecule has 2 aromatic rings. The van der Waals surface area contributed by atoms with Crippen LogP contribution in [0.25, 0.3) is 0 Å². The molecule has 0 bridgehead atoms. The van der Waals surface area contributed by atoms with Gasteiger partial charge in [0.1, 0.15) is 11.6 Å². The van der Waals surface area contributed by atoms with E-state index in [1.54, 1.807) is 0 Å². The number of piperidine rings is 1. The van der Waals surface area contributed by atoms with E-state index in [1.165, 1.54) is 17.7 Å². The van der Waals surface area contributed by atoms with E-state index in [9.17, 15) is 8.78 Å². The number of nitrogens with zero attached hydrogens (tertiary/aromatic N) is 1. The molecule has 0 aromatic heterocycles. The van der Waals surface area contributed by atoms with Gasteiger partial charge in [0.15, 0.2) is 0 Å². The van der Waals surface area contributed by atoms with Crippen LogP contribution < -0.4 is 4.90 Å². The molecule has 3 rings (SSSR count). The van der Waals surface area contributed by atoms with Crippen LogP contribution in [0, 0.1) is 17.6 Å². The van der Waals surface area contributed by atoms with Crippen molar-refractivity contribution in [2.75, 3.05) is 18.0 Å². The van der Waals surface area contributed by atoms with Crippen molar-refractivity contribution in [1.29, 1.82) is 0 Å². The minimum Gasteiger partial charge on any atom is -0.371 e. The number of rotatable bonds is 3. The van der Waals surface area contributed by atoms with E-state index in [2.05, 4.69) is 29.2 Å². The highest BCUT2D eigenvalue weighted by Gasteiger charge is 2.20. The first-order valence-electron chi connectivity index (χ1n) is 7.46. The normalized spacial score (nSPS) is 16.2. The maximum absolute atomic E-state index is 13.3. The molecule has 21 heavy (non-hydrogen) atoms. The first kappa shape index (κ1) is 14.1. The summed E-state index contributed by atoms with van der Waals surface area (Å²) < 4.78 is 26.6. The molecule has 0 saturated carbocycles. The van der Waals surface area contributed by atoms with Crippen molar-refractivity contribution in [3.05, 3.63) is 65.7 Å². The average Bonchev–Trinajstić information content (AvgIpc) is 2.48. The van der Waals surface area contributed by atoms with E-state index in [0.717, 1.165) is 38.4 Å². The molecule has 0 atom stereocenters. The first-order chi connectivity index (χ1) is 10.2. The van der Waals surface area contributed by atoms with E-state index >= 15 is 0 Å². The van der Waals surface area contributed by atoms with E-state index in [1.807, 2.05) is 6.07 Å². The van der Waals surface area contributed by atoms with Crippen LogP contribution in [0.1, 0.15) is 18.4 Å². The molecular weight excluding hydrogens is 268 g/mol. The maximum atomic E-state index is 13.3. The molecular formula is C18H19F2N. The van der Waals surface area contributed by atoms with Crippen molar-refractivity contribution in [3.63, 3.8) is 0 Å². The zero-order chi connectivity index (χ0) is 14.7. The van der Waals surface area contributed by atoms with E-state index in [4.69, 9.17) is 0 Å². The Hall–Kier alpha value is -1.90. The van der Waals surface area contributed by atoms with Crippen molar-refractivity contribution in [2.45, 2.75) is 19.3 Å². The van der Waals surface area contributed by atoms with Gasteiger partial charge >= 0.3 is 0 Å². The molecule has 1 aliphatic heterocycles. The third-order valence-electron chi connectivity index (χ3n) is 4.19. The van der Waals surface area contributed by atoms with Crippen LogP contribution in [0.4, 0.5) is 14.5 Å². The van der Waals surface area contributed by atoms with Gasteiger partial charge in [-0.25, -0.2) is 8.78 Å². The van der Waals surface area contributed by atoms with Crippen LogP contribution in [-0.4, -0.2) is 13.1 Å². The van der Waals surface area contributed by atoms with Gasteiger partial charge in [0, 0.05) is 24.8 Å². The Morgan fingerprint density at radius 2 is 1.52 bits per heavy atom. The van der Waals surface area contributed by atoms with Crippen LogP contribution in [0.3, 0.4) is 0 Å². The van der Waals surface area contributed by atoms with Gasteiger partial charge in [-0.2, -0.15) is 0 Å². The van der Waals surface area contributed by atoms with Crippen LogP contribution in [0.2, 0.25) is 0 Å². The Morgan fingerprint density at radius 1 is 0.905 bits per heavy atom. The summed E-state index contributed by atoms with van der Waals surface area (Å²) in [4.78, 5) is 2.08. The Labute approximate surface area is 124 Å². The predicted octanol–water partition coefficient (Wildman–Crippen LogP) is 4.42. The molecule has 0 radical (unpaired) electrons. The zero-order valence-corrected chi connectivity index (χ0v) is 11.9. The molecule has 1 saturated heterocycles. The van der Waals surface area contributed by atoms with Crippen molar-refractivity contribution < 1.29 is 8.78 Å². The maximum Gasteiger partial charge on any atom is 0.128 e. The predicted molar refractivity (Wildman–Crippen MR) is 81.4 cm³/mol. The fourth-order valence-corrected chi connectivity index (χ4v) is 3.06. The van der Waals surface area contributed by atoms with Crippen molar-refractivity contribution >= 4 is 5.69 Å². The van der Waals surface area contributed by atoms with Crippen molar-refractivity contribution in [3.8, 4) is 0 Å². The zero-order valence-electron chi connectivity index (χ0n) is 11.9. The summed E-state index contributed by atoms with van der Waals surface area (Å²) in [6.45, 7) is 1.72. The highest BCUT2D eigenvalue weighted by atomic mass is 19.1. The number of hydrogen-bond donors (Lipinski definition) is 0. The number of hydrogen-bond acceptors (Lipinski definition) is 1. The van der Waals surface area contributed by atoms with E-state index in [0.29, 0.717) is 11.6 Å². The Balaban J connectivity index is 1.60. The van der Waals surface area contributed by atoms with Crippen LogP contribution in [0.15, 0.2) is 48.5 Å². The summed E-state index contributed by atoms with van der Waals surface area (Å²) in [5.41, 5.74) is 2.03. The monoisotopic (exact) mass is 287 g/mol. The van der Waals surface area contributed by atoms with Crippen molar-refractivity contribution in [1.82, 2.24) is 0 Å². The molecule has 1 aliphatic rings. The molecule has 3 heteroatoms. The molecule has 1 fully saturated rings. The van der Waals surface area contributed by atoms with E-state index in [-0.39, 0.29) is 0 Å². The number of anilines is 1.